The molecule has 1 amide bonds. The van der Waals surface area contributed by atoms with Crippen LogP contribution in [0, 0.1) is 0 Å². The Morgan fingerprint density at radius 2 is 2.10 bits per heavy atom. The van der Waals surface area contributed by atoms with Gasteiger partial charge in [-0.25, -0.2) is 9.78 Å². The third-order valence-electron chi connectivity index (χ3n) is 4.62. The standard InChI is InChI=1S/C21H27N5O3/c1-4-6-11-29-21(28)22-13-14-9-7-10-15(12-14)19-23-17-16(8-5-2)25-26(3)18(17)20(27)24-19/h7,9-10,12H,4-6,8,11,13H2,1-3H3,(H,22,28)(H,23,24,27). The predicted molar refractivity (Wildman–Crippen MR) is 112 cm³/mol. The molecule has 0 spiro atoms. The quantitative estimate of drug-likeness (QED) is 0.568. The Morgan fingerprint density at radius 3 is 2.86 bits per heavy atom. The predicted octanol–water partition coefficient (Wildman–Crippen LogP) is 3.30. The molecule has 8 heteroatoms. The molecule has 3 rings (SSSR count). The molecule has 0 aliphatic heterocycles. The summed E-state index contributed by atoms with van der Waals surface area (Å²) in [6.07, 6.45) is 3.07. The van der Waals surface area contributed by atoms with Crippen LogP contribution >= 0.6 is 0 Å². The van der Waals surface area contributed by atoms with Crippen molar-refractivity contribution in [2.24, 2.45) is 7.05 Å². The fourth-order valence-electron chi connectivity index (χ4n) is 3.15. The summed E-state index contributed by atoms with van der Waals surface area (Å²) in [6, 6.07) is 7.55. The van der Waals surface area contributed by atoms with Crippen molar-refractivity contribution in [1.29, 1.82) is 0 Å². The number of nitrogens with one attached hydrogen (secondary N) is 2. The molecule has 0 saturated heterocycles. The van der Waals surface area contributed by atoms with Gasteiger partial charge < -0.3 is 15.0 Å². The molecule has 0 aliphatic rings. The van der Waals surface area contributed by atoms with Crippen LogP contribution in [0.25, 0.3) is 22.4 Å². The van der Waals surface area contributed by atoms with Gasteiger partial charge in [0.25, 0.3) is 5.56 Å². The van der Waals surface area contributed by atoms with E-state index >= 15 is 0 Å². The van der Waals surface area contributed by atoms with E-state index in [9.17, 15) is 9.59 Å². The molecular weight excluding hydrogens is 370 g/mol. The Morgan fingerprint density at radius 1 is 1.28 bits per heavy atom. The van der Waals surface area contributed by atoms with Crippen molar-refractivity contribution < 1.29 is 9.53 Å². The molecule has 29 heavy (non-hydrogen) atoms. The minimum absolute atomic E-state index is 0.217. The van der Waals surface area contributed by atoms with Crippen molar-refractivity contribution >= 4 is 17.1 Å². The van der Waals surface area contributed by atoms with Crippen LogP contribution in [0.1, 0.15) is 44.4 Å². The van der Waals surface area contributed by atoms with Gasteiger partial charge >= 0.3 is 6.09 Å². The molecule has 0 fully saturated rings. The smallest absolute Gasteiger partial charge is 0.407 e. The number of aromatic amines is 1. The summed E-state index contributed by atoms with van der Waals surface area (Å²) >= 11 is 0. The van der Waals surface area contributed by atoms with Gasteiger partial charge in [0.1, 0.15) is 11.3 Å². The van der Waals surface area contributed by atoms with Gasteiger partial charge in [0.2, 0.25) is 0 Å². The third kappa shape index (κ3) is 4.82. The topological polar surface area (TPSA) is 102 Å². The van der Waals surface area contributed by atoms with Crippen molar-refractivity contribution in [1.82, 2.24) is 25.1 Å². The summed E-state index contributed by atoms with van der Waals surface area (Å²) in [6.45, 7) is 4.86. The average Bonchev–Trinajstić information content (AvgIpc) is 3.03. The van der Waals surface area contributed by atoms with Gasteiger partial charge in [0.15, 0.2) is 5.52 Å². The minimum atomic E-state index is -0.434. The summed E-state index contributed by atoms with van der Waals surface area (Å²) in [5.41, 5.74) is 3.38. The van der Waals surface area contributed by atoms with E-state index in [1.165, 1.54) is 0 Å². The molecule has 2 heterocycles. The number of carbonyl (C=O) groups excluding carboxylic acids is 1. The number of H-pyrrole nitrogens is 1. The lowest BCUT2D eigenvalue weighted by Gasteiger charge is -2.08. The Labute approximate surface area is 169 Å². The molecule has 3 aromatic rings. The number of nitrogens with zero attached hydrogens (tertiary/aromatic N) is 3. The normalized spacial score (nSPS) is 11.0. The van der Waals surface area contributed by atoms with Crippen molar-refractivity contribution in [2.45, 2.75) is 46.1 Å². The van der Waals surface area contributed by atoms with Crippen molar-refractivity contribution in [3.05, 3.63) is 45.9 Å². The maximum Gasteiger partial charge on any atom is 0.407 e. The summed E-state index contributed by atoms with van der Waals surface area (Å²) in [5.74, 6) is 0.486. The molecule has 0 unspecified atom stereocenters. The number of carbonyl (C=O) groups is 1. The number of fused-ring (bicyclic) bond motifs is 1. The summed E-state index contributed by atoms with van der Waals surface area (Å²) in [5, 5.41) is 7.18. The number of benzene rings is 1. The number of hydrogen-bond acceptors (Lipinski definition) is 5. The van der Waals surface area contributed by atoms with E-state index in [1.807, 2.05) is 31.2 Å². The number of ether oxygens (including phenoxy) is 1. The third-order valence-corrected chi connectivity index (χ3v) is 4.62. The van der Waals surface area contributed by atoms with Gasteiger partial charge in [-0.2, -0.15) is 5.10 Å². The zero-order chi connectivity index (χ0) is 20.8. The number of unbranched alkanes of at least 4 members (excludes halogenated alkanes) is 1. The molecule has 1 aromatic carbocycles. The molecule has 154 valence electrons. The zero-order valence-corrected chi connectivity index (χ0v) is 17.1. The lowest BCUT2D eigenvalue weighted by atomic mass is 10.1. The molecule has 0 bridgehead atoms. The van der Waals surface area contributed by atoms with Gasteiger partial charge in [-0.3, -0.25) is 9.48 Å². The van der Waals surface area contributed by atoms with E-state index in [1.54, 1.807) is 11.7 Å². The van der Waals surface area contributed by atoms with Gasteiger partial charge in [-0.15, -0.1) is 0 Å². The molecule has 0 radical (unpaired) electrons. The Balaban J connectivity index is 1.83. The number of rotatable bonds is 8. The van der Waals surface area contributed by atoms with Crippen LogP contribution in [0.15, 0.2) is 29.1 Å². The van der Waals surface area contributed by atoms with Gasteiger partial charge in [0, 0.05) is 19.2 Å². The summed E-state index contributed by atoms with van der Waals surface area (Å²) < 4.78 is 6.69. The van der Waals surface area contributed by atoms with Crippen LogP contribution in [0.2, 0.25) is 0 Å². The van der Waals surface area contributed by atoms with Gasteiger partial charge in [-0.05, 0) is 24.5 Å². The van der Waals surface area contributed by atoms with Crippen molar-refractivity contribution in [2.75, 3.05) is 6.61 Å². The van der Waals surface area contributed by atoms with Crippen LogP contribution in [0.5, 0.6) is 0 Å². The van der Waals surface area contributed by atoms with Crippen LogP contribution in [-0.2, 0) is 24.8 Å². The highest BCUT2D eigenvalue weighted by Gasteiger charge is 2.15. The highest BCUT2D eigenvalue weighted by molar-refractivity contribution is 5.79. The largest absolute Gasteiger partial charge is 0.450 e. The lowest BCUT2D eigenvalue weighted by Crippen LogP contribution is -2.24. The van der Waals surface area contributed by atoms with E-state index in [0.717, 1.165) is 42.5 Å². The van der Waals surface area contributed by atoms with E-state index in [0.29, 0.717) is 30.0 Å². The first-order chi connectivity index (χ1) is 14.0. The summed E-state index contributed by atoms with van der Waals surface area (Å²) in [7, 11) is 1.75. The molecule has 2 aromatic heterocycles. The second kappa shape index (κ2) is 9.36. The molecule has 0 atom stereocenters. The maximum atomic E-state index is 12.6. The van der Waals surface area contributed by atoms with E-state index in [4.69, 9.17) is 4.74 Å². The highest BCUT2D eigenvalue weighted by Crippen LogP contribution is 2.20. The highest BCUT2D eigenvalue weighted by atomic mass is 16.5. The van der Waals surface area contributed by atoms with Gasteiger partial charge in [-0.1, -0.05) is 44.9 Å². The van der Waals surface area contributed by atoms with Crippen LogP contribution in [0.4, 0.5) is 4.79 Å². The number of amides is 1. The number of alkyl carbamates (subject to hydrolysis) is 1. The van der Waals surface area contributed by atoms with E-state index in [2.05, 4.69) is 27.3 Å². The first-order valence-electron chi connectivity index (χ1n) is 9.99. The van der Waals surface area contributed by atoms with E-state index in [-0.39, 0.29) is 5.56 Å². The van der Waals surface area contributed by atoms with Crippen molar-refractivity contribution in [3.8, 4) is 11.4 Å². The van der Waals surface area contributed by atoms with Crippen LogP contribution in [-0.4, -0.2) is 32.4 Å². The van der Waals surface area contributed by atoms with Gasteiger partial charge in [0.05, 0.1) is 12.3 Å². The SMILES string of the molecule is CCCCOC(=O)NCc1cccc(-c2nc3c(CCC)nn(C)c3c(=O)[nH]2)c1. The monoisotopic (exact) mass is 397 g/mol. The maximum absolute atomic E-state index is 12.6. The molecular formula is C21H27N5O3. The molecule has 2 N–H and O–H groups in total. The Kier molecular flexibility index (Phi) is 6.64. The van der Waals surface area contributed by atoms with Crippen LogP contribution < -0.4 is 10.9 Å². The Bertz CT molecular complexity index is 1050. The second-order valence-electron chi connectivity index (χ2n) is 6.98. The molecule has 0 saturated carbocycles. The number of hydrogen-bond donors (Lipinski definition) is 2. The summed E-state index contributed by atoms with van der Waals surface area (Å²) in [4.78, 5) is 31.9. The molecule has 0 aliphatic carbocycles. The zero-order valence-electron chi connectivity index (χ0n) is 17.1. The number of aryl methyl sites for hydroxylation is 2. The van der Waals surface area contributed by atoms with E-state index < -0.39 is 6.09 Å². The average molecular weight is 397 g/mol. The minimum Gasteiger partial charge on any atom is -0.450 e. The Hall–Kier alpha value is -3.16. The lowest BCUT2D eigenvalue weighted by molar-refractivity contribution is 0.144. The fraction of sp³-hybridized carbons (Fsp3) is 0.429. The second-order valence-corrected chi connectivity index (χ2v) is 6.98. The van der Waals surface area contributed by atoms with Crippen LogP contribution in [0.3, 0.4) is 0 Å². The first kappa shape index (κ1) is 20.6. The molecule has 8 nitrogen and oxygen atoms in total. The van der Waals surface area contributed by atoms with Crippen molar-refractivity contribution in [3.63, 3.8) is 0 Å². The first-order valence-corrected chi connectivity index (χ1v) is 9.99. The number of aromatic nitrogens is 4. The fourth-order valence-corrected chi connectivity index (χ4v) is 3.15.